The van der Waals surface area contributed by atoms with Crippen LogP contribution in [-0.4, -0.2) is 33.7 Å². The summed E-state index contributed by atoms with van der Waals surface area (Å²) in [7, 11) is -4.06. The lowest BCUT2D eigenvalue weighted by atomic mass is 10.3. The molecule has 0 aromatic heterocycles. The topological polar surface area (TPSA) is 111 Å². The van der Waals surface area contributed by atoms with Crippen LogP contribution < -0.4 is 15.8 Å². The smallest absolute Gasteiger partial charge is 0.319 e. The number of urea groups is 1. The van der Waals surface area contributed by atoms with E-state index < -0.39 is 21.9 Å². The SMILES string of the molecule is NS(=O)(=O)c1ccc(F)cc1NC(=O)NC1CCOC1. The molecule has 1 aliphatic rings. The number of ether oxygens (including phenoxy) is 1. The molecule has 0 spiro atoms. The molecule has 1 unspecified atom stereocenters. The largest absolute Gasteiger partial charge is 0.379 e. The maximum Gasteiger partial charge on any atom is 0.319 e. The van der Waals surface area contributed by atoms with E-state index >= 15 is 0 Å². The fourth-order valence-electron chi connectivity index (χ4n) is 1.84. The van der Waals surface area contributed by atoms with E-state index in [2.05, 4.69) is 10.6 Å². The number of benzene rings is 1. The molecular formula is C11H14FN3O4S. The van der Waals surface area contributed by atoms with Crippen molar-refractivity contribution in [3.05, 3.63) is 24.0 Å². The van der Waals surface area contributed by atoms with Crippen LogP contribution in [0, 0.1) is 5.82 Å². The average molecular weight is 303 g/mol. The molecule has 1 fully saturated rings. The summed E-state index contributed by atoms with van der Waals surface area (Å²) in [5, 5.41) is 9.88. The van der Waals surface area contributed by atoms with Crippen molar-refractivity contribution in [3.63, 3.8) is 0 Å². The number of primary sulfonamides is 1. The maximum atomic E-state index is 13.2. The summed E-state index contributed by atoms with van der Waals surface area (Å²) in [4.78, 5) is 11.4. The van der Waals surface area contributed by atoms with Gasteiger partial charge in [0.05, 0.1) is 18.3 Å². The first-order valence-electron chi connectivity index (χ1n) is 5.84. The maximum absolute atomic E-state index is 13.2. The Kier molecular flexibility index (Phi) is 4.21. The fraction of sp³-hybridized carbons (Fsp3) is 0.364. The number of halogens is 1. The molecule has 0 bridgehead atoms. The first-order valence-corrected chi connectivity index (χ1v) is 7.38. The number of anilines is 1. The molecule has 1 atom stereocenters. The number of amides is 2. The van der Waals surface area contributed by atoms with Gasteiger partial charge in [-0.25, -0.2) is 22.7 Å². The molecule has 110 valence electrons. The van der Waals surface area contributed by atoms with Gasteiger partial charge in [-0.2, -0.15) is 0 Å². The van der Waals surface area contributed by atoms with Crippen molar-refractivity contribution >= 4 is 21.7 Å². The Hall–Kier alpha value is -1.71. The van der Waals surface area contributed by atoms with Crippen molar-refractivity contribution in [2.24, 2.45) is 5.14 Å². The number of nitrogens with one attached hydrogen (secondary N) is 2. The summed E-state index contributed by atoms with van der Waals surface area (Å²) in [6, 6.07) is 2.05. The van der Waals surface area contributed by atoms with Crippen LogP contribution in [0.1, 0.15) is 6.42 Å². The summed E-state index contributed by atoms with van der Waals surface area (Å²) in [5.74, 6) is -0.683. The van der Waals surface area contributed by atoms with E-state index in [0.29, 0.717) is 19.6 Å². The van der Waals surface area contributed by atoms with E-state index in [1.807, 2.05) is 0 Å². The molecular weight excluding hydrogens is 289 g/mol. The number of sulfonamides is 1. The van der Waals surface area contributed by atoms with Gasteiger partial charge < -0.3 is 15.4 Å². The van der Waals surface area contributed by atoms with Gasteiger partial charge in [-0.05, 0) is 24.6 Å². The molecule has 1 heterocycles. The summed E-state index contributed by atoms with van der Waals surface area (Å²) in [6.07, 6.45) is 0.665. The van der Waals surface area contributed by atoms with Crippen LogP contribution in [0.3, 0.4) is 0 Å². The molecule has 4 N–H and O–H groups in total. The highest BCUT2D eigenvalue weighted by Crippen LogP contribution is 2.21. The Morgan fingerprint density at radius 1 is 1.45 bits per heavy atom. The zero-order valence-corrected chi connectivity index (χ0v) is 11.2. The minimum Gasteiger partial charge on any atom is -0.379 e. The molecule has 1 saturated heterocycles. The third-order valence-corrected chi connectivity index (χ3v) is 3.73. The quantitative estimate of drug-likeness (QED) is 0.749. The first-order chi connectivity index (χ1) is 9.36. The zero-order valence-electron chi connectivity index (χ0n) is 10.4. The summed E-state index contributed by atoms with van der Waals surface area (Å²) < 4.78 is 41.0. The van der Waals surface area contributed by atoms with Crippen LogP contribution in [0.25, 0.3) is 0 Å². The van der Waals surface area contributed by atoms with E-state index in [-0.39, 0.29) is 16.6 Å². The second-order valence-electron chi connectivity index (χ2n) is 4.34. The second kappa shape index (κ2) is 5.73. The van der Waals surface area contributed by atoms with Crippen LogP contribution in [0.4, 0.5) is 14.9 Å². The van der Waals surface area contributed by atoms with Crippen molar-refractivity contribution in [1.29, 1.82) is 0 Å². The number of rotatable bonds is 3. The molecule has 1 aromatic rings. The Bertz CT molecular complexity index is 614. The molecule has 7 nitrogen and oxygen atoms in total. The number of carbonyl (C=O) groups is 1. The van der Waals surface area contributed by atoms with Crippen LogP contribution in [0.15, 0.2) is 23.1 Å². The molecule has 1 aliphatic heterocycles. The Labute approximate surface area is 115 Å². The van der Waals surface area contributed by atoms with E-state index in [1.54, 1.807) is 0 Å². The van der Waals surface area contributed by atoms with Gasteiger partial charge in [0.15, 0.2) is 0 Å². The van der Waals surface area contributed by atoms with Crippen LogP contribution >= 0.6 is 0 Å². The highest BCUT2D eigenvalue weighted by molar-refractivity contribution is 7.89. The van der Waals surface area contributed by atoms with Crippen molar-refractivity contribution in [2.75, 3.05) is 18.5 Å². The molecule has 2 amide bonds. The summed E-state index contributed by atoms with van der Waals surface area (Å²) in [5.41, 5.74) is -0.205. The molecule has 9 heteroatoms. The predicted molar refractivity (Wildman–Crippen MR) is 69.2 cm³/mol. The van der Waals surface area contributed by atoms with Crippen molar-refractivity contribution < 1.29 is 22.3 Å². The lowest BCUT2D eigenvalue weighted by molar-refractivity contribution is 0.189. The first kappa shape index (κ1) is 14.7. The number of hydrogen-bond donors (Lipinski definition) is 3. The van der Waals surface area contributed by atoms with E-state index in [4.69, 9.17) is 9.88 Å². The summed E-state index contributed by atoms with van der Waals surface area (Å²) >= 11 is 0. The van der Waals surface area contributed by atoms with Crippen molar-refractivity contribution in [3.8, 4) is 0 Å². The normalized spacial score (nSPS) is 18.8. The standard InChI is InChI=1S/C11H14FN3O4S/c12-7-1-2-10(20(13,17)18)9(5-7)15-11(16)14-8-3-4-19-6-8/h1-2,5,8H,3-4,6H2,(H2,13,17,18)(H2,14,15,16). The van der Waals surface area contributed by atoms with E-state index in [0.717, 1.165) is 18.2 Å². The number of hydrogen-bond acceptors (Lipinski definition) is 4. The average Bonchev–Trinajstić information content (AvgIpc) is 2.79. The van der Waals surface area contributed by atoms with Gasteiger partial charge in [-0.1, -0.05) is 0 Å². The monoisotopic (exact) mass is 303 g/mol. The number of nitrogens with two attached hydrogens (primary N) is 1. The minimum atomic E-state index is -4.06. The molecule has 2 rings (SSSR count). The van der Waals surface area contributed by atoms with E-state index in [1.165, 1.54) is 0 Å². The van der Waals surface area contributed by atoms with Gasteiger partial charge in [0, 0.05) is 6.61 Å². The third kappa shape index (κ3) is 3.65. The third-order valence-electron chi connectivity index (χ3n) is 2.76. The Balaban J connectivity index is 2.15. The second-order valence-corrected chi connectivity index (χ2v) is 5.87. The zero-order chi connectivity index (χ0) is 14.8. The van der Waals surface area contributed by atoms with Crippen LogP contribution in [-0.2, 0) is 14.8 Å². The predicted octanol–water partition coefficient (Wildman–Crippen LogP) is 0.383. The van der Waals surface area contributed by atoms with Gasteiger partial charge in [-0.15, -0.1) is 0 Å². The molecule has 0 saturated carbocycles. The molecule has 0 radical (unpaired) electrons. The van der Waals surface area contributed by atoms with Gasteiger partial charge in [0.1, 0.15) is 10.7 Å². The minimum absolute atomic E-state index is 0.151. The Morgan fingerprint density at radius 3 is 2.80 bits per heavy atom. The lowest BCUT2D eigenvalue weighted by Gasteiger charge is -2.13. The van der Waals surface area contributed by atoms with Crippen molar-refractivity contribution in [1.82, 2.24) is 5.32 Å². The van der Waals surface area contributed by atoms with Gasteiger partial charge >= 0.3 is 6.03 Å². The van der Waals surface area contributed by atoms with Crippen LogP contribution in [0.5, 0.6) is 0 Å². The van der Waals surface area contributed by atoms with Crippen LogP contribution in [0.2, 0.25) is 0 Å². The van der Waals surface area contributed by atoms with Crippen molar-refractivity contribution in [2.45, 2.75) is 17.4 Å². The van der Waals surface area contributed by atoms with Gasteiger partial charge in [-0.3, -0.25) is 0 Å². The molecule has 0 aliphatic carbocycles. The van der Waals surface area contributed by atoms with Gasteiger partial charge in [0.2, 0.25) is 10.0 Å². The van der Waals surface area contributed by atoms with Gasteiger partial charge in [0.25, 0.3) is 0 Å². The fourth-order valence-corrected chi connectivity index (χ4v) is 2.51. The molecule has 20 heavy (non-hydrogen) atoms. The van der Waals surface area contributed by atoms with E-state index in [9.17, 15) is 17.6 Å². The lowest BCUT2D eigenvalue weighted by Crippen LogP contribution is -2.38. The molecule has 1 aromatic carbocycles. The highest BCUT2D eigenvalue weighted by Gasteiger charge is 2.20. The highest BCUT2D eigenvalue weighted by atomic mass is 32.2. The summed E-state index contributed by atoms with van der Waals surface area (Å²) in [6.45, 7) is 0.936. The number of carbonyl (C=O) groups excluding carboxylic acids is 1. The Morgan fingerprint density at radius 2 is 2.20 bits per heavy atom.